The Morgan fingerprint density at radius 2 is 1.79 bits per heavy atom. The van der Waals surface area contributed by atoms with Gasteiger partial charge in [0.2, 0.25) is 0 Å². The fraction of sp³-hybridized carbons (Fsp3) is 0.182. The quantitative estimate of drug-likeness (QED) is 0.580. The third kappa shape index (κ3) is 5.28. The van der Waals surface area contributed by atoms with Gasteiger partial charge in [0.25, 0.3) is 11.8 Å². The molecule has 144 valence electrons. The molecule has 28 heavy (non-hydrogen) atoms. The van der Waals surface area contributed by atoms with Gasteiger partial charge in [0.15, 0.2) is 0 Å². The number of hydrogen-bond acceptors (Lipinski definition) is 4. The fourth-order valence-electron chi connectivity index (χ4n) is 2.58. The summed E-state index contributed by atoms with van der Waals surface area (Å²) in [6.07, 6.45) is 0.136. The smallest absolute Gasteiger partial charge is 0.265 e. The minimum atomic E-state index is -0.288. The molecule has 2 N–H and O–H groups in total. The zero-order valence-electron chi connectivity index (χ0n) is 15.8. The van der Waals surface area contributed by atoms with Crippen molar-refractivity contribution in [3.8, 4) is 0 Å². The van der Waals surface area contributed by atoms with Crippen LogP contribution in [0.25, 0.3) is 0 Å². The van der Waals surface area contributed by atoms with Crippen LogP contribution in [0.4, 0.5) is 11.4 Å². The summed E-state index contributed by atoms with van der Waals surface area (Å²) < 4.78 is 5.61. The summed E-state index contributed by atoms with van der Waals surface area (Å²) >= 11 is 1.35. The van der Waals surface area contributed by atoms with Crippen molar-refractivity contribution in [1.82, 2.24) is 0 Å². The zero-order valence-corrected chi connectivity index (χ0v) is 16.6. The molecule has 0 radical (unpaired) electrons. The third-order valence-electron chi connectivity index (χ3n) is 3.93. The summed E-state index contributed by atoms with van der Waals surface area (Å²) in [6.45, 7) is 4.44. The number of amides is 2. The van der Waals surface area contributed by atoms with Crippen molar-refractivity contribution in [3.63, 3.8) is 0 Å². The number of thiophene rings is 1. The first-order chi connectivity index (χ1) is 13.5. The number of nitrogens with one attached hydrogen (secondary N) is 2. The first kappa shape index (κ1) is 19.8. The monoisotopic (exact) mass is 394 g/mol. The van der Waals surface area contributed by atoms with Gasteiger partial charge in [0.05, 0.1) is 28.8 Å². The van der Waals surface area contributed by atoms with Crippen molar-refractivity contribution < 1.29 is 14.3 Å². The summed E-state index contributed by atoms with van der Waals surface area (Å²) in [4.78, 5) is 25.7. The number of benzene rings is 2. The molecule has 2 amide bonds. The van der Waals surface area contributed by atoms with Crippen LogP contribution >= 0.6 is 11.3 Å². The van der Waals surface area contributed by atoms with Gasteiger partial charge in [-0.05, 0) is 55.1 Å². The van der Waals surface area contributed by atoms with E-state index in [1.165, 1.54) is 11.3 Å². The van der Waals surface area contributed by atoms with E-state index in [0.29, 0.717) is 28.4 Å². The van der Waals surface area contributed by atoms with Crippen molar-refractivity contribution >= 4 is 34.5 Å². The highest BCUT2D eigenvalue weighted by atomic mass is 32.1. The molecule has 0 aliphatic carbocycles. The van der Waals surface area contributed by atoms with Crippen LogP contribution in [0.2, 0.25) is 0 Å². The summed E-state index contributed by atoms with van der Waals surface area (Å²) in [6, 6.07) is 18.0. The van der Waals surface area contributed by atoms with Gasteiger partial charge >= 0.3 is 0 Å². The van der Waals surface area contributed by atoms with Crippen LogP contribution in [-0.4, -0.2) is 17.9 Å². The molecule has 0 unspecified atom stereocenters. The predicted octanol–water partition coefficient (Wildman–Crippen LogP) is 5.18. The molecule has 0 aliphatic rings. The molecule has 2 aromatic carbocycles. The van der Waals surface area contributed by atoms with Gasteiger partial charge in [-0.15, -0.1) is 11.3 Å². The molecule has 0 saturated heterocycles. The normalized spacial score (nSPS) is 10.7. The van der Waals surface area contributed by atoms with E-state index in [1.807, 2.05) is 49.6 Å². The molecular formula is C22H22N2O3S. The minimum Gasteiger partial charge on any atom is -0.374 e. The minimum absolute atomic E-state index is 0.136. The average Bonchev–Trinajstić information content (AvgIpc) is 3.22. The van der Waals surface area contributed by atoms with Gasteiger partial charge in [-0.3, -0.25) is 9.59 Å². The lowest BCUT2D eigenvalue weighted by Gasteiger charge is -2.12. The van der Waals surface area contributed by atoms with E-state index < -0.39 is 0 Å². The molecule has 5 nitrogen and oxygen atoms in total. The van der Waals surface area contributed by atoms with Crippen molar-refractivity contribution in [1.29, 1.82) is 0 Å². The number of ether oxygens (including phenoxy) is 1. The molecule has 0 aliphatic heterocycles. The Kier molecular flexibility index (Phi) is 6.57. The first-order valence-corrected chi connectivity index (χ1v) is 9.86. The lowest BCUT2D eigenvalue weighted by Crippen LogP contribution is -2.17. The topological polar surface area (TPSA) is 67.4 Å². The molecule has 0 atom stereocenters. The number of carbonyl (C=O) groups excluding carboxylic acids is 2. The Labute approximate surface area is 168 Å². The van der Waals surface area contributed by atoms with Crippen molar-refractivity contribution in [2.24, 2.45) is 0 Å². The van der Waals surface area contributed by atoms with Gasteiger partial charge in [-0.1, -0.05) is 30.3 Å². The molecule has 0 fully saturated rings. The van der Waals surface area contributed by atoms with Crippen LogP contribution in [0, 0.1) is 0 Å². The SMILES string of the molecule is CC(C)OCc1cccc(NC(=O)c2ccccc2NC(=O)c2cccs2)c1. The van der Waals surface area contributed by atoms with Gasteiger partial charge in [0.1, 0.15) is 0 Å². The lowest BCUT2D eigenvalue weighted by molar-refractivity contribution is 0.0657. The summed E-state index contributed by atoms with van der Waals surface area (Å²) in [5, 5.41) is 7.54. The van der Waals surface area contributed by atoms with Crippen LogP contribution in [0.15, 0.2) is 66.0 Å². The average molecular weight is 394 g/mol. The van der Waals surface area contributed by atoms with Crippen molar-refractivity contribution in [3.05, 3.63) is 82.0 Å². The number of hydrogen-bond donors (Lipinski definition) is 2. The fourth-order valence-corrected chi connectivity index (χ4v) is 3.20. The molecule has 3 rings (SSSR count). The van der Waals surface area contributed by atoms with E-state index in [-0.39, 0.29) is 17.9 Å². The van der Waals surface area contributed by atoms with E-state index in [0.717, 1.165) is 5.56 Å². The largest absolute Gasteiger partial charge is 0.374 e. The Hall–Kier alpha value is -2.96. The van der Waals surface area contributed by atoms with Crippen LogP contribution in [-0.2, 0) is 11.3 Å². The lowest BCUT2D eigenvalue weighted by atomic mass is 10.1. The highest BCUT2D eigenvalue weighted by Gasteiger charge is 2.15. The number of anilines is 2. The molecular weight excluding hydrogens is 372 g/mol. The Bertz CT molecular complexity index is 952. The van der Waals surface area contributed by atoms with Gasteiger partial charge in [0, 0.05) is 5.69 Å². The highest BCUT2D eigenvalue weighted by molar-refractivity contribution is 7.12. The number of para-hydroxylation sites is 1. The molecule has 1 aromatic heterocycles. The van der Waals surface area contributed by atoms with Crippen LogP contribution in [0.1, 0.15) is 39.4 Å². The zero-order chi connectivity index (χ0) is 19.9. The maximum Gasteiger partial charge on any atom is 0.265 e. The van der Waals surface area contributed by atoms with E-state index in [2.05, 4.69) is 10.6 Å². The first-order valence-electron chi connectivity index (χ1n) is 8.98. The van der Waals surface area contributed by atoms with Crippen LogP contribution in [0.3, 0.4) is 0 Å². The predicted molar refractivity (Wildman–Crippen MR) is 113 cm³/mol. The number of rotatable bonds is 7. The van der Waals surface area contributed by atoms with E-state index in [4.69, 9.17) is 4.74 Å². The second kappa shape index (κ2) is 9.30. The Balaban J connectivity index is 1.73. The maximum absolute atomic E-state index is 12.8. The second-order valence-electron chi connectivity index (χ2n) is 6.49. The van der Waals surface area contributed by atoms with Gasteiger partial charge in [-0.25, -0.2) is 0 Å². The Morgan fingerprint density at radius 3 is 2.54 bits per heavy atom. The van der Waals surface area contributed by atoms with E-state index >= 15 is 0 Å². The third-order valence-corrected chi connectivity index (χ3v) is 4.80. The molecule has 0 spiro atoms. The maximum atomic E-state index is 12.8. The summed E-state index contributed by atoms with van der Waals surface area (Å²) in [7, 11) is 0. The standard InChI is InChI=1S/C22H22N2O3S/c1-15(2)27-14-16-7-5-8-17(13-16)23-21(25)18-9-3-4-10-19(18)24-22(26)20-11-6-12-28-20/h3-13,15H,14H2,1-2H3,(H,23,25)(H,24,26). The Morgan fingerprint density at radius 1 is 0.964 bits per heavy atom. The van der Waals surface area contributed by atoms with E-state index in [1.54, 1.807) is 30.3 Å². The second-order valence-corrected chi connectivity index (χ2v) is 7.44. The van der Waals surface area contributed by atoms with Crippen molar-refractivity contribution in [2.75, 3.05) is 10.6 Å². The van der Waals surface area contributed by atoms with Gasteiger partial charge < -0.3 is 15.4 Å². The molecule has 1 heterocycles. The molecule has 0 bridgehead atoms. The van der Waals surface area contributed by atoms with Gasteiger partial charge in [-0.2, -0.15) is 0 Å². The molecule has 6 heteroatoms. The summed E-state index contributed by atoms with van der Waals surface area (Å²) in [5.74, 6) is -0.521. The van der Waals surface area contributed by atoms with Crippen LogP contribution in [0.5, 0.6) is 0 Å². The highest BCUT2D eigenvalue weighted by Crippen LogP contribution is 2.20. The van der Waals surface area contributed by atoms with Crippen molar-refractivity contribution in [2.45, 2.75) is 26.6 Å². The van der Waals surface area contributed by atoms with Crippen LogP contribution < -0.4 is 10.6 Å². The summed E-state index contributed by atoms with van der Waals surface area (Å²) in [5.41, 5.74) is 2.52. The van der Waals surface area contributed by atoms with E-state index in [9.17, 15) is 9.59 Å². The molecule has 3 aromatic rings. The molecule has 0 saturated carbocycles. The number of carbonyl (C=O) groups is 2.